The van der Waals surface area contributed by atoms with Crippen LogP contribution < -0.4 is 10.2 Å². The summed E-state index contributed by atoms with van der Waals surface area (Å²) in [6.45, 7) is 1.88. The summed E-state index contributed by atoms with van der Waals surface area (Å²) in [4.78, 5) is 16.2. The smallest absolute Gasteiger partial charge is 0.244 e. The van der Waals surface area contributed by atoms with Gasteiger partial charge in [0.2, 0.25) is 5.91 Å². The number of carbonyl (C=O) groups excluding carboxylic acids is 1. The minimum Gasteiger partial charge on any atom is -0.309 e. The first-order valence-corrected chi connectivity index (χ1v) is 8.60. The summed E-state index contributed by atoms with van der Waals surface area (Å²) in [6.07, 6.45) is 3.82. The second kappa shape index (κ2) is 5.08. The first-order chi connectivity index (χ1) is 9.84. The molecule has 0 radical (unpaired) electrons. The molecule has 3 atom stereocenters. The molecule has 1 amide bonds. The highest BCUT2D eigenvalue weighted by molar-refractivity contribution is 7.99. The van der Waals surface area contributed by atoms with Crippen molar-refractivity contribution < 1.29 is 4.79 Å². The first kappa shape index (κ1) is 12.7. The molecule has 1 saturated heterocycles. The van der Waals surface area contributed by atoms with Gasteiger partial charge >= 0.3 is 0 Å². The van der Waals surface area contributed by atoms with Crippen molar-refractivity contribution in [2.24, 2.45) is 11.8 Å². The highest BCUT2D eigenvalue weighted by Gasteiger charge is 2.44. The summed E-state index contributed by atoms with van der Waals surface area (Å²) in [6, 6.07) is 8.35. The molecule has 2 heterocycles. The third-order valence-corrected chi connectivity index (χ3v) is 6.05. The molecule has 0 aromatic heterocycles. The van der Waals surface area contributed by atoms with Crippen LogP contribution >= 0.6 is 11.8 Å². The normalized spacial score (nSPS) is 32.0. The molecule has 1 N–H and O–H groups in total. The molecule has 3 unspecified atom stereocenters. The lowest BCUT2D eigenvalue weighted by Gasteiger charge is -2.32. The number of thioether (sulfide) groups is 1. The zero-order chi connectivity index (χ0) is 13.5. The molecule has 1 aromatic rings. The average Bonchev–Trinajstić information content (AvgIpc) is 3.09. The van der Waals surface area contributed by atoms with Gasteiger partial charge in [-0.1, -0.05) is 18.6 Å². The number of para-hydroxylation sites is 1. The molecule has 2 fully saturated rings. The van der Waals surface area contributed by atoms with Crippen LogP contribution in [0.15, 0.2) is 29.2 Å². The Kier molecular flexibility index (Phi) is 3.23. The third-order valence-electron chi connectivity index (χ3n) is 5.01. The second-order valence-electron chi connectivity index (χ2n) is 6.05. The lowest BCUT2D eigenvalue weighted by Crippen LogP contribution is -2.48. The van der Waals surface area contributed by atoms with Crippen molar-refractivity contribution in [3.8, 4) is 0 Å². The van der Waals surface area contributed by atoms with Gasteiger partial charge in [0.1, 0.15) is 0 Å². The van der Waals surface area contributed by atoms with Crippen molar-refractivity contribution in [2.45, 2.75) is 30.2 Å². The number of benzene rings is 1. The number of hydrogen-bond acceptors (Lipinski definition) is 3. The van der Waals surface area contributed by atoms with Gasteiger partial charge in [0.25, 0.3) is 0 Å². The van der Waals surface area contributed by atoms with Gasteiger partial charge in [-0.3, -0.25) is 4.79 Å². The fourth-order valence-electron chi connectivity index (χ4n) is 4.02. The molecule has 3 aliphatic rings. The Morgan fingerprint density at radius 1 is 1.30 bits per heavy atom. The Labute approximate surface area is 124 Å². The molecular formula is C16H20N2OS. The summed E-state index contributed by atoms with van der Waals surface area (Å²) in [7, 11) is 0. The summed E-state index contributed by atoms with van der Waals surface area (Å²) in [5.41, 5.74) is 1.11. The largest absolute Gasteiger partial charge is 0.309 e. The Morgan fingerprint density at radius 2 is 2.20 bits per heavy atom. The third kappa shape index (κ3) is 1.97. The van der Waals surface area contributed by atoms with Gasteiger partial charge in [-0.15, -0.1) is 11.8 Å². The highest BCUT2D eigenvalue weighted by atomic mass is 32.2. The van der Waals surface area contributed by atoms with E-state index in [2.05, 4.69) is 23.5 Å². The van der Waals surface area contributed by atoms with Gasteiger partial charge in [-0.25, -0.2) is 0 Å². The Bertz CT molecular complexity index is 533. The zero-order valence-corrected chi connectivity index (χ0v) is 12.4. The van der Waals surface area contributed by atoms with Crippen LogP contribution in [0.1, 0.15) is 19.3 Å². The predicted octanol–water partition coefficient (Wildman–Crippen LogP) is 2.51. The van der Waals surface area contributed by atoms with Crippen LogP contribution in [0, 0.1) is 11.8 Å². The molecule has 0 spiro atoms. The number of nitrogens with zero attached hydrogens (tertiary/aromatic N) is 1. The van der Waals surface area contributed by atoms with Gasteiger partial charge in [0, 0.05) is 17.2 Å². The lowest BCUT2D eigenvalue weighted by atomic mass is 9.93. The van der Waals surface area contributed by atoms with Crippen LogP contribution in [0.5, 0.6) is 0 Å². The molecule has 0 bridgehead atoms. The topological polar surface area (TPSA) is 32.3 Å². The van der Waals surface area contributed by atoms with Crippen LogP contribution in [0.25, 0.3) is 0 Å². The number of hydrogen-bond donors (Lipinski definition) is 1. The van der Waals surface area contributed by atoms with Gasteiger partial charge in [-0.05, 0) is 43.4 Å². The van der Waals surface area contributed by atoms with Gasteiger partial charge < -0.3 is 10.2 Å². The maximum absolute atomic E-state index is 13.0. The van der Waals surface area contributed by atoms with Crippen molar-refractivity contribution in [1.29, 1.82) is 0 Å². The van der Waals surface area contributed by atoms with E-state index in [1.54, 1.807) is 0 Å². The number of amides is 1. The van der Waals surface area contributed by atoms with Crippen molar-refractivity contribution >= 4 is 23.4 Å². The predicted molar refractivity (Wildman–Crippen MR) is 82.1 cm³/mol. The van der Waals surface area contributed by atoms with Crippen LogP contribution in [0.2, 0.25) is 0 Å². The van der Waals surface area contributed by atoms with Crippen molar-refractivity contribution in [1.82, 2.24) is 5.32 Å². The minimum atomic E-state index is 0.0543. The zero-order valence-electron chi connectivity index (χ0n) is 11.5. The summed E-state index contributed by atoms with van der Waals surface area (Å²) in [5, 5.41) is 3.49. The van der Waals surface area contributed by atoms with Gasteiger partial charge in [0.15, 0.2) is 0 Å². The van der Waals surface area contributed by atoms with Crippen LogP contribution in [-0.2, 0) is 4.79 Å². The number of carbonyl (C=O) groups is 1. The number of nitrogens with one attached hydrogen (secondary N) is 1. The molecule has 4 heteroatoms. The molecule has 20 heavy (non-hydrogen) atoms. The molecule has 4 rings (SSSR count). The van der Waals surface area contributed by atoms with Crippen LogP contribution in [-0.4, -0.2) is 30.8 Å². The summed E-state index contributed by atoms with van der Waals surface area (Å²) < 4.78 is 0. The lowest BCUT2D eigenvalue weighted by molar-refractivity contribution is -0.121. The van der Waals surface area contributed by atoms with E-state index in [9.17, 15) is 4.79 Å². The van der Waals surface area contributed by atoms with Gasteiger partial charge in [-0.2, -0.15) is 0 Å². The summed E-state index contributed by atoms with van der Waals surface area (Å²) >= 11 is 1.86. The minimum absolute atomic E-state index is 0.0543. The number of rotatable bonds is 1. The maximum atomic E-state index is 13.0. The second-order valence-corrected chi connectivity index (χ2v) is 7.18. The average molecular weight is 288 g/mol. The molecule has 106 valence electrons. The first-order valence-electron chi connectivity index (χ1n) is 7.61. The van der Waals surface area contributed by atoms with Gasteiger partial charge in [0.05, 0.1) is 11.7 Å². The molecule has 1 saturated carbocycles. The van der Waals surface area contributed by atoms with Crippen molar-refractivity contribution in [3.05, 3.63) is 24.3 Å². The summed E-state index contributed by atoms with van der Waals surface area (Å²) in [5.74, 6) is 2.61. The number of anilines is 1. The molecule has 1 aliphatic carbocycles. The van der Waals surface area contributed by atoms with E-state index in [0.29, 0.717) is 11.8 Å². The van der Waals surface area contributed by atoms with E-state index in [-0.39, 0.29) is 6.04 Å². The van der Waals surface area contributed by atoms with E-state index in [1.807, 2.05) is 22.7 Å². The highest BCUT2D eigenvalue weighted by Crippen LogP contribution is 2.40. The molecule has 2 aliphatic heterocycles. The SMILES string of the molecule is O=C(C1NCC2CCCC21)N1CCSc2ccccc21. The van der Waals surface area contributed by atoms with E-state index >= 15 is 0 Å². The number of fused-ring (bicyclic) bond motifs is 2. The monoisotopic (exact) mass is 288 g/mol. The molecule has 1 aromatic carbocycles. The standard InChI is InChI=1S/C16H20N2OS/c19-16(15-12-5-3-4-11(12)10-17-15)18-8-9-20-14-7-2-1-6-13(14)18/h1-2,6-7,11-12,15,17H,3-5,8-10H2. The van der Waals surface area contributed by atoms with Crippen molar-refractivity contribution in [3.63, 3.8) is 0 Å². The van der Waals surface area contributed by atoms with Crippen LogP contribution in [0.3, 0.4) is 0 Å². The van der Waals surface area contributed by atoms with Crippen molar-refractivity contribution in [2.75, 3.05) is 23.7 Å². The van der Waals surface area contributed by atoms with Crippen LogP contribution in [0.4, 0.5) is 5.69 Å². The maximum Gasteiger partial charge on any atom is 0.244 e. The Balaban J connectivity index is 1.60. The molecule has 3 nitrogen and oxygen atoms in total. The van der Waals surface area contributed by atoms with E-state index in [1.165, 1.54) is 24.2 Å². The quantitative estimate of drug-likeness (QED) is 0.862. The van der Waals surface area contributed by atoms with E-state index in [0.717, 1.165) is 30.4 Å². The Morgan fingerprint density at radius 3 is 3.15 bits per heavy atom. The molecular weight excluding hydrogens is 268 g/mol. The fraction of sp³-hybridized carbons (Fsp3) is 0.562. The Hall–Kier alpha value is -1.00. The van der Waals surface area contributed by atoms with E-state index in [4.69, 9.17) is 0 Å². The van der Waals surface area contributed by atoms with E-state index < -0.39 is 0 Å². The fourth-order valence-corrected chi connectivity index (χ4v) is 5.02.